The third-order valence-corrected chi connectivity index (χ3v) is 3.04. The number of rotatable bonds is 4. The fraction of sp³-hybridized carbons (Fsp3) is 0.455. The first kappa shape index (κ1) is 13.1. The van der Waals surface area contributed by atoms with Gasteiger partial charge in [-0.15, -0.1) is 0 Å². The van der Waals surface area contributed by atoms with Crippen molar-refractivity contribution in [3.63, 3.8) is 0 Å². The minimum atomic E-state index is -0.174. The van der Waals surface area contributed by atoms with E-state index in [1.165, 1.54) is 0 Å². The van der Waals surface area contributed by atoms with Gasteiger partial charge in [0.1, 0.15) is 4.60 Å². The number of nitrogens with zero attached hydrogens (tertiary/aromatic N) is 1. The summed E-state index contributed by atoms with van der Waals surface area (Å²) in [6.45, 7) is 4.31. The second kappa shape index (κ2) is 5.96. The van der Waals surface area contributed by atoms with E-state index in [4.69, 9.17) is 5.73 Å². The van der Waals surface area contributed by atoms with Gasteiger partial charge in [0, 0.05) is 12.7 Å². The molecule has 0 aliphatic heterocycles. The zero-order valence-electron chi connectivity index (χ0n) is 9.40. The zero-order valence-corrected chi connectivity index (χ0v) is 11.0. The fourth-order valence-electron chi connectivity index (χ4n) is 1.39. The van der Waals surface area contributed by atoms with Crippen LogP contribution in [0, 0.1) is 11.8 Å². The molecule has 1 aromatic heterocycles. The first-order valence-electron chi connectivity index (χ1n) is 5.17. The molecule has 0 saturated heterocycles. The van der Waals surface area contributed by atoms with E-state index in [0.717, 1.165) is 0 Å². The minimum Gasteiger partial charge on any atom is -0.330 e. The lowest BCUT2D eigenvalue weighted by atomic mass is 9.95. The van der Waals surface area contributed by atoms with Crippen LogP contribution in [0.3, 0.4) is 0 Å². The number of amides is 1. The van der Waals surface area contributed by atoms with E-state index in [1.54, 1.807) is 18.3 Å². The average molecular weight is 286 g/mol. The largest absolute Gasteiger partial charge is 0.330 e. The SMILES string of the molecule is CC(C)C(CN)C(=O)Nc1cccnc1Br. The van der Waals surface area contributed by atoms with Crippen molar-refractivity contribution in [1.29, 1.82) is 0 Å². The molecule has 1 heterocycles. The number of hydrogen-bond acceptors (Lipinski definition) is 3. The van der Waals surface area contributed by atoms with Crippen molar-refractivity contribution in [2.24, 2.45) is 17.6 Å². The van der Waals surface area contributed by atoms with Gasteiger partial charge in [-0.25, -0.2) is 4.98 Å². The van der Waals surface area contributed by atoms with Gasteiger partial charge < -0.3 is 11.1 Å². The number of anilines is 1. The van der Waals surface area contributed by atoms with Gasteiger partial charge in [-0.1, -0.05) is 13.8 Å². The first-order valence-corrected chi connectivity index (χ1v) is 5.97. The van der Waals surface area contributed by atoms with E-state index in [0.29, 0.717) is 16.8 Å². The monoisotopic (exact) mass is 285 g/mol. The number of halogens is 1. The summed E-state index contributed by atoms with van der Waals surface area (Å²) in [5, 5.41) is 2.81. The van der Waals surface area contributed by atoms with Crippen LogP contribution >= 0.6 is 15.9 Å². The maximum absolute atomic E-state index is 11.9. The molecule has 0 bridgehead atoms. The van der Waals surface area contributed by atoms with Gasteiger partial charge in [0.2, 0.25) is 5.91 Å². The topological polar surface area (TPSA) is 68.0 Å². The smallest absolute Gasteiger partial charge is 0.229 e. The molecular formula is C11H16BrN3O. The maximum atomic E-state index is 11.9. The van der Waals surface area contributed by atoms with Gasteiger partial charge >= 0.3 is 0 Å². The molecule has 5 heteroatoms. The summed E-state index contributed by atoms with van der Waals surface area (Å²) in [5.41, 5.74) is 6.25. The van der Waals surface area contributed by atoms with Gasteiger partial charge in [0.15, 0.2) is 0 Å². The van der Waals surface area contributed by atoms with E-state index in [2.05, 4.69) is 26.2 Å². The average Bonchev–Trinajstić information content (AvgIpc) is 2.22. The van der Waals surface area contributed by atoms with Gasteiger partial charge in [0.05, 0.1) is 11.6 Å². The molecule has 4 nitrogen and oxygen atoms in total. The molecular weight excluding hydrogens is 270 g/mol. The molecule has 0 spiro atoms. The Morgan fingerprint density at radius 3 is 2.81 bits per heavy atom. The maximum Gasteiger partial charge on any atom is 0.229 e. The standard InChI is InChI=1S/C11H16BrN3O/c1-7(2)8(6-13)11(16)15-9-4-3-5-14-10(9)12/h3-5,7-8H,6,13H2,1-2H3,(H,15,16). The molecule has 1 rings (SSSR count). The Bertz CT molecular complexity index is 368. The van der Waals surface area contributed by atoms with E-state index < -0.39 is 0 Å². The van der Waals surface area contributed by atoms with E-state index in [1.807, 2.05) is 13.8 Å². The van der Waals surface area contributed by atoms with E-state index in [9.17, 15) is 4.79 Å². The van der Waals surface area contributed by atoms with Crippen molar-refractivity contribution in [1.82, 2.24) is 4.98 Å². The number of nitrogens with two attached hydrogens (primary N) is 1. The normalized spacial score (nSPS) is 12.6. The molecule has 88 valence electrons. The molecule has 0 saturated carbocycles. The summed E-state index contributed by atoms with van der Waals surface area (Å²) in [6, 6.07) is 3.57. The summed E-state index contributed by atoms with van der Waals surface area (Å²) < 4.78 is 0.628. The van der Waals surface area contributed by atoms with Crippen molar-refractivity contribution in [3.8, 4) is 0 Å². The Balaban J connectivity index is 2.74. The summed E-state index contributed by atoms with van der Waals surface area (Å²) in [4.78, 5) is 15.9. The lowest BCUT2D eigenvalue weighted by Gasteiger charge is -2.18. The number of carbonyl (C=O) groups excluding carboxylic acids is 1. The second-order valence-electron chi connectivity index (χ2n) is 3.92. The van der Waals surface area contributed by atoms with E-state index in [-0.39, 0.29) is 17.7 Å². The molecule has 1 amide bonds. The summed E-state index contributed by atoms with van der Waals surface area (Å²) in [6.07, 6.45) is 1.66. The Morgan fingerprint density at radius 2 is 2.31 bits per heavy atom. The summed E-state index contributed by atoms with van der Waals surface area (Å²) >= 11 is 3.28. The highest BCUT2D eigenvalue weighted by Gasteiger charge is 2.21. The third kappa shape index (κ3) is 3.28. The second-order valence-corrected chi connectivity index (χ2v) is 4.67. The minimum absolute atomic E-state index is 0.0637. The summed E-state index contributed by atoms with van der Waals surface area (Å²) in [7, 11) is 0. The Kier molecular flexibility index (Phi) is 4.89. The van der Waals surface area contributed by atoms with Crippen molar-refractivity contribution >= 4 is 27.5 Å². The Labute approximate surface area is 104 Å². The highest BCUT2D eigenvalue weighted by Crippen LogP contribution is 2.20. The van der Waals surface area contributed by atoms with Crippen LogP contribution in [-0.2, 0) is 4.79 Å². The van der Waals surface area contributed by atoms with Gasteiger partial charge in [-0.3, -0.25) is 4.79 Å². The number of nitrogens with one attached hydrogen (secondary N) is 1. The van der Waals surface area contributed by atoms with Crippen LogP contribution in [0.4, 0.5) is 5.69 Å². The van der Waals surface area contributed by atoms with Crippen LogP contribution in [0.1, 0.15) is 13.8 Å². The number of pyridine rings is 1. The van der Waals surface area contributed by atoms with Crippen LogP contribution in [0.2, 0.25) is 0 Å². The fourth-order valence-corrected chi connectivity index (χ4v) is 1.74. The van der Waals surface area contributed by atoms with Crippen LogP contribution in [0.25, 0.3) is 0 Å². The van der Waals surface area contributed by atoms with E-state index >= 15 is 0 Å². The molecule has 0 fully saturated rings. The zero-order chi connectivity index (χ0) is 12.1. The van der Waals surface area contributed by atoms with Gasteiger partial charge in [0.25, 0.3) is 0 Å². The van der Waals surface area contributed by atoms with Crippen LogP contribution in [0.5, 0.6) is 0 Å². The van der Waals surface area contributed by atoms with Crippen LogP contribution in [0.15, 0.2) is 22.9 Å². The molecule has 1 unspecified atom stereocenters. The molecule has 1 atom stereocenters. The van der Waals surface area contributed by atoms with Crippen molar-refractivity contribution in [2.75, 3.05) is 11.9 Å². The molecule has 16 heavy (non-hydrogen) atoms. The number of aromatic nitrogens is 1. The molecule has 0 aliphatic rings. The third-order valence-electron chi connectivity index (χ3n) is 2.41. The summed E-state index contributed by atoms with van der Waals surface area (Å²) in [5.74, 6) is -0.0150. The highest BCUT2D eigenvalue weighted by molar-refractivity contribution is 9.10. The quantitative estimate of drug-likeness (QED) is 0.832. The molecule has 0 aromatic carbocycles. The van der Waals surface area contributed by atoms with Gasteiger partial charge in [-0.2, -0.15) is 0 Å². The molecule has 0 aliphatic carbocycles. The highest BCUT2D eigenvalue weighted by atomic mass is 79.9. The Morgan fingerprint density at radius 1 is 1.62 bits per heavy atom. The number of hydrogen-bond donors (Lipinski definition) is 2. The van der Waals surface area contributed by atoms with Crippen LogP contribution in [-0.4, -0.2) is 17.4 Å². The van der Waals surface area contributed by atoms with Crippen molar-refractivity contribution in [2.45, 2.75) is 13.8 Å². The first-order chi connectivity index (χ1) is 7.56. The van der Waals surface area contributed by atoms with Gasteiger partial charge in [-0.05, 0) is 34.0 Å². The van der Waals surface area contributed by atoms with Crippen molar-refractivity contribution in [3.05, 3.63) is 22.9 Å². The molecule has 1 aromatic rings. The lowest BCUT2D eigenvalue weighted by molar-refractivity contribution is -0.120. The van der Waals surface area contributed by atoms with Crippen molar-refractivity contribution < 1.29 is 4.79 Å². The predicted octanol–water partition coefficient (Wildman–Crippen LogP) is 2.01. The predicted molar refractivity (Wildman–Crippen MR) is 67.9 cm³/mol. The lowest BCUT2D eigenvalue weighted by Crippen LogP contribution is -2.33. The molecule has 3 N–H and O–H groups in total. The van der Waals surface area contributed by atoms with Crippen LogP contribution < -0.4 is 11.1 Å². The molecule has 0 radical (unpaired) electrons. The Hall–Kier alpha value is -0.940. The number of carbonyl (C=O) groups is 1.